The Kier molecular flexibility index (Phi) is 9.03. The van der Waals surface area contributed by atoms with E-state index in [1.807, 2.05) is 0 Å². The first kappa shape index (κ1) is 25.5. The summed E-state index contributed by atoms with van der Waals surface area (Å²) in [6.07, 6.45) is 1.49. The summed E-state index contributed by atoms with van der Waals surface area (Å²) >= 11 is 6.32. The molecular formula is C22H24ClN5O5. The smallest absolute Gasteiger partial charge is 0.328 e. The second kappa shape index (κ2) is 11.7. The minimum Gasteiger partial charge on any atom is -0.508 e. The number of aliphatic hydroxyl groups excluding tert-OH is 1. The molecule has 10 nitrogen and oxygen atoms in total. The number of aryl methyl sites for hydroxylation is 2. The van der Waals surface area contributed by atoms with Crippen LogP contribution in [0.3, 0.4) is 0 Å². The van der Waals surface area contributed by atoms with Crippen molar-refractivity contribution in [1.82, 2.24) is 10.6 Å². The van der Waals surface area contributed by atoms with Crippen LogP contribution in [0.15, 0.2) is 41.4 Å². The Hall–Kier alpha value is -3.81. The van der Waals surface area contributed by atoms with Crippen molar-refractivity contribution in [3.8, 4) is 11.9 Å². The number of phenols is 1. The van der Waals surface area contributed by atoms with E-state index in [0.29, 0.717) is 24.0 Å². The first-order valence-corrected chi connectivity index (χ1v) is 10.3. The molecule has 0 radical (unpaired) electrons. The number of hydrogen-bond acceptors (Lipinski definition) is 6. The number of nitrogens with zero attached hydrogens (tertiary/aromatic N) is 2. The number of amides is 1. The molecule has 2 rings (SSSR count). The van der Waals surface area contributed by atoms with E-state index < -0.39 is 24.0 Å². The van der Waals surface area contributed by atoms with Crippen LogP contribution in [0.25, 0.3) is 0 Å². The summed E-state index contributed by atoms with van der Waals surface area (Å²) in [6, 6.07) is 8.34. The fraction of sp³-hybridized carbons (Fsp3) is 0.273. The summed E-state index contributed by atoms with van der Waals surface area (Å²) in [4.78, 5) is 27.4. The molecule has 0 heterocycles. The Balaban J connectivity index is 2.08. The van der Waals surface area contributed by atoms with Gasteiger partial charge in [-0.1, -0.05) is 29.8 Å². The zero-order valence-electron chi connectivity index (χ0n) is 17.7. The number of aliphatic hydroxyl groups is 1. The van der Waals surface area contributed by atoms with E-state index >= 15 is 0 Å². The van der Waals surface area contributed by atoms with Crippen LogP contribution >= 0.6 is 11.6 Å². The van der Waals surface area contributed by atoms with Crippen molar-refractivity contribution >= 4 is 29.4 Å². The molecule has 0 spiro atoms. The lowest BCUT2D eigenvalue weighted by Crippen LogP contribution is -2.49. The molecule has 33 heavy (non-hydrogen) atoms. The Morgan fingerprint density at radius 1 is 1.30 bits per heavy atom. The highest BCUT2D eigenvalue weighted by molar-refractivity contribution is 6.34. The van der Waals surface area contributed by atoms with Gasteiger partial charge in [-0.15, -0.1) is 4.99 Å². The molecule has 0 saturated carbocycles. The Morgan fingerprint density at radius 3 is 2.64 bits per heavy atom. The van der Waals surface area contributed by atoms with Gasteiger partial charge in [0.1, 0.15) is 11.8 Å². The number of phenolic OH excluding ortho intramolecular Hbond substituents is 1. The summed E-state index contributed by atoms with van der Waals surface area (Å²) in [5.74, 6) is -2.21. The standard InChI is InChI=1S/C22H24ClN5O5/c1-12-7-13(5-6-18(30)14-3-2-4-15(29)9-14)8-16(23)19(12)20(31)28-17(21(32)33)10-26-22(25)27-11-24/h2-4,7-9,17-18,29-30H,5-6,10H2,1H3,(H,28,31)(H,32,33)(H3,25,26,27)/t17-,18?/m0/s1. The zero-order valence-corrected chi connectivity index (χ0v) is 18.5. The highest BCUT2D eigenvalue weighted by atomic mass is 35.5. The van der Waals surface area contributed by atoms with Crippen molar-refractivity contribution in [2.24, 2.45) is 10.7 Å². The summed E-state index contributed by atoms with van der Waals surface area (Å²) in [7, 11) is 0. The number of rotatable bonds is 9. The first-order chi connectivity index (χ1) is 15.6. The van der Waals surface area contributed by atoms with Gasteiger partial charge in [0.05, 0.1) is 16.7 Å². The van der Waals surface area contributed by atoms with Gasteiger partial charge in [0.2, 0.25) is 12.2 Å². The maximum Gasteiger partial charge on any atom is 0.328 e. The number of carboxylic acid groups (broad SMARTS) is 1. The SMILES string of the molecule is Cc1cc(CCC(O)c2cccc(O)c2)cc(Cl)c1C(=O)N[C@@H](CN/C(N)=N\C#N)C(=O)O. The van der Waals surface area contributed by atoms with Gasteiger partial charge in [-0.05, 0) is 54.7 Å². The number of nitrogens with two attached hydrogens (primary N) is 1. The van der Waals surface area contributed by atoms with Crippen LogP contribution < -0.4 is 16.4 Å². The molecular weight excluding hydrogens is 450 g/mol. The molecule has 174 valence electrons. The number of nitriles is 1. The third-order valence-electron chi connectivity index (χ3n) is 4.80. The van der Waals surface area contributed by atoms with Crippen LogP contribution in [0.1, 0.15) is 39.6 Å². The Bertz CT molecular complexity index is 1080. The quantitative estimate of drug-likeness (QED) is 0.180. The average molecular weight is 474 g/mol. The lowest BCUT2D eigenvalue weighted by atomic mass is 9.98. The highest BCUT2D eigenvalue weighted by Gasteiger charge is 2.23. The van der Waals surface area contributed by atoms with E-state index in [9.17, 15) is 24.9 Å². The number of nitrogens with one attached hydrogen (secondary N) is 2. The number of aromatic hydroxyl groups is 1. The molecule has 11 heteroatoms. The van der Waals surface area contributed by atoms with Gasteiger partial charge in [-0.25, -0.2) is 4.79 Å². The van der Waals surface area contributed by atoms with E-state index in [2.05, 4.69) is 15.6 Å². The van der Waals surface area contributed by atoms with Gasteiger partial charge in [-0.2, -0.15) is 5.26 Å². The lowest BCUT2D eigenvalue weighted by Gasteiger charge is -2.18. The van der Waals surface area contributed by atoms with Crippen molar-refractivity contribution < 1.29 is 24.9 Å². The number of halogens is 1. The molecule has 0 bridgehead atoms. The van der Waals surface area contributed by atoms with E-state index in [-0.39, 0.29) is 28.8 Å². The summed E-state index contributed by atoms with van der Waals surface area (Å²) in [5.41, 5.74) is 7.42. The number of aliphatic imine (C=N–C) groups is 1. The number of carbonyl (C=O) groups excluding carboxylic acids is 1. The number of carboxylic acids is 1. The topological polar surface area (TPSA) is 181 Å². The van der Waals surface area contributed by atoms with Crippen LogP contribution in [-0.4, -0.2) is 45.7 Å². The molecule has 2 aromatic carbocycles. The molecule has 1 unspecified atom stereocenters. The Morgan fingerprint density at radius 2 is 2.03 bits per heavy atom. The average Bonchev–Trinajstić information content (AvgIpc) is 2.74. The fourth-order valence-electron chi connectivity index (χ4n) is 3.18. The summed E-state index contributed by atoms with van der Waals surface area (Å²) in [5, 5.41) is 42.7. The first-order valence-electron chi connectivity index (χ1n) is 9.88. The van der Waals surface area contributed by atoms with Gasteiger partial charge < -0.3 is 31.7 Å². The third kappa shape index (κ3) is 7.38. The highest BCUT2D eigenvalue weighted by Crippen LogP contribution is 2.26. The number of benzene rings is 2. The van der Waals surface area contributed by atoms with Gasteiger partial charge in [0.15, 0.2) is 0 Å². The number of guanidine groups is 1. The summed E-state index contributed by atoms with van der Waals surface area (Å²) in [6.45, 7) is 1.38. The van der Waals surface area contributed by atoms with Gasteiger partial charge in [0.25, 0.3) is 5.91 Å². The molecule has 0 fully saturated rings. The minimum absolute atomic E-state index is 0.0655. The van der Waals surface area contributed by atoms with Crippen LogP contribution in [0.5, 0.6) is 5.75 Å². The lowest BCUT2D eigenvalue weighted by molar-refractivity contribution is -0.139. The van der Waals surface area contributed by atoms with Gasteiger partial charge >= 0.3 is 5.97 Å². The molecule has 0 aromatic heterocycles. The predicted octanol–water partition coefficient (Wildman–Crippen LogP) is 1.59. The second-order valence-electron chi connectivity index (χ2n) is 7.26. The van der Waals surface area contributed by atoms with Crippen LogP contribution in [0.2, 0.25) is 5.02 Å². The van der Waals surface area contributed by atoms with E-state index in [1.165, 1.54) is 18.3 Å². The van der Waals surface area contributed by atoms with Crippen molar-refractivity contribution in [3.63, 3.8) is 0 Å². The molecule has 0 aliphatic rings. The fourth-order valence-corrected chi connectivity index (χ4v) is 3.55. The monoisotopic (exact) mass is 473 g/mol. The molecule has 0 aliphatic heterocycles. The van der Waals surface area contributed by atoms with E-state index in [0.717, 1.165) is 5.56 Å². The molecule has 2 aromatic rings. The second-order valence-corrected chi connectivity index (χ2v) is 7.67. The number of aliphatic carboxylic acids is 1. The zero-order chi connectivity index (χ0) is 24.5. The molecule has 0 saturated heterocycles. The third-order valence-corrected chi connectivity index (χ3v) is 5.09. The minimum atomic E-state index is -1.35. The predicted molar refractivity (Wildman–Crippen MR) is 122 cm³/mol. The van der Waals surface area contributed by atoms with E-state index in [4.69, 9.17) is 22.6 Å². The summed E-state index contributed by atoms with van der Waals surface area (Å²) < 4.78 is 0. The molecule has 7 N–H and O–H groups in total. The Labute approximate surface area is 195 Å². The molecule has 2 atom stereocenters. The van der Waals surface area contributed by atoms with Crippen molar-refractivity contribution in [3.05, 3.63) is 63.7 Å². The van der Waals surface area contributed by atoms with Crippen molar-refractivity contribution in [2.75, 3.05) is 6.54 Å². The molecule has 0 aliphatic carbocycles. The maximum atomic E-state index is 12.7. The van der Waals surface area contributed by atoms with Gasteiger partial charge in [0, 0.05) is 6.54 Å². The van der Waals surface area contributed by atoms with Crippen molar-refractivity contribution in [2.45, 2.75) is 31.9 Å². The van der Waals surface area contributed by atoms with E-state index in [1.54, 1.807) is 31.2 Å². The normalized spacial score (nSPS) is 13.0. The number of carbonyl (C=O) groups is 2. The molecule has 1 amide bonds. The van der Waals surface area contributed by atoms with Crippen LogP contribution in [0, 0.1) is 18.4 Å². The van der Waals surface area contributed by atoms with Gasteiger partial charge in [-0.3, -0.25) is 4.79 Å². The largest absolute Gasteiger partial charge is 0.508 e. The number of hydrogen-bond donors (Lipinski definition) is 6. The van der Waals surface area contributed by atoms with Crippen LogP contribution in [0.4, 0.5) is 0 Å². The maximum absolute atomic E-state index is 12.7. The van der Waals surface area contributed by atoms with Crippen molar-refractivity contribution in [1.29, 1.82) is 5.26 Å². The van der Waals surface area contributed by atoms with Crippen LogP contribution in [-0.2, 0) is 11.2 Å².